The van der Waals surface area contributed by atoms with Crippen molar-refractivity contribution in [3.05, 3.63) is 77.9 Å². The molecule has 0 spiro atoms. The molecule has 124 valence electrons. The van der Waals surface area contributed by atoms with Gasteiger partial charge in [-0.25, -0.2) is 4.79 Å². The predicted octanol–water partition coefficient (Wildman–Crippen LogP) is 3.89. The summed E-state index contributed by atoms with van der Waals surface area (Å²) in [7, 11) is 0. The fourth-order valence-electron chi connectivity index (χ4n) is 2.08. The van der Waals surface area contributed by atoms with Crippen molar-refractivity contribution in [2.24, 2.45) is 0 Å². The van der Waals surface area contributed by atoms with Crippen molar-refractivity contribution in [3.8, 4) is 0 Å². The molecule has 0 heterocycles. The largest absolute Gasteiger partial charge is 0.450 e. The van der Waals surface area contributed by atoms with E-state index in [1.807, 2.05) is 60.7 Å². The van der Waals surface area contributed by atoms with E-state index in [2.05, 4.69) is 10.6 Å². The van der Waals surface area contributed by atoms with Gasteiger partial charge in [0.15, 0.2) is 0 Å². The maximum absolute atomic E-state index is 11.5. The maximum Gasteiger partial charge on any atom is 0.412 e. The number of rotatable bonds is 6. The summed E-state index contributed by atoms with van der Waals surface area (Å²) in [5.41, 5.74) is 2.98. The molecule has 0 radical (unpaired) electrons. The van der Waals surface area contributed by atoms with Gasteiger partial charge in [-0.05, 0) is 24.1 Å². The predicted molar refractivity (Wildman–Crippen MR) is 100 cm³/mol. The molecule has 24 heavy (non-hydrogen) atoms. The SMILES string of the molecule is CCOC(=O)NC(=S)/C=C(/NCc1ccccc1)c1ccccc1. The van der Waals surface area contributed by atoms with E-state index >= 15 is 0 Å². The minimum absolute atomic E-state index is 0.299. The van der Waals surface area contributed by atoms with Gasteiger partial charge in [-0.15, -0.1) is 0 Å². The van der Waals surface area contributed by atoms with Crippen LogP contribution < -0.4 is 10.6 Å². The van der Waals surface area contributed by atoms with E-state index in [1.165, 1.54) is 0 Å². The normalized spacial score (nSPS) is 10.8. The first-order valence-electron chi connectivity index (χ1n) is 7.71. The number of carbonyl (C=O) groups is 1. The van der Waals surface area contributed by atoms with Gasteiger partial charge in [-0.1, -0.05) is 72.9 Å². The molecule has 2 N–H and O–H groups in total. The lowest BCUT2D eigenvalue weighted by Gasteiger charge is -2.12. The molecule has 4 nitrogen and oxygen atoms in total. The van der Waals surface area contributed by atoms with E-state index in [0.717, 1.165) is 16.8 Å². The fraction of sp³-hybridized carbons (Fsp3) is 0.158. The second-order valence-corrected chi connectivity index (χ2v) is 5.41. The van der Waals surface area contributed by atoms with E-state index in [0.29, 0.717) is 18.1 Å². The number of hydrogen-bond acceptors (Lipinski definition) is 4. The third-order valence-electron chi connectivity index (χ3n) is 3.19. The van der Waals surface area contributed by atoms with Crippen molar-refractivity contribution in [1.82, 2.24) is 10.6 Å². The van der Waals surface area contributed by atoms with Crippen LogP contribution in [0.1, 0.15) is 18.1 Å². The van der Waals surface area contributed by atoms with Crippen molar-refractivity contribution in [2.75, 3.05) is 6.61 Å². The van der Waals surface area contributed by atoms with Gasteiger partial charge in [0, 0.05) is 12.2 Å². The summed E-state index contributed by atoms with van der Waals surface area (Å²) in [4.78, 5) is 11.8. The van der Waals surface area contributed by atoms with Crippen molar-refractivity contribution in [3.63, 3.8) is 0 Å². The fourth-order valence-corrected chi connectivity index (χ4v) is 2.28. The molecular formula is C19H20N2O2S. The highest BCUT2D eigenvalue weighted by molar-refractivity contribution is 7.80. The van der Waals surface area contributed by atoms with E-state index in [-0.39, 0.29) is 0 Å². The van der Waals surface area contributed by atoms with Gasteiger partial charge < -0.3 is 10.1 Å². The standard InChI is InChI=1S/C19H20N2O2S/c1-2-23-19(22)21-18(24)13-17(16-11-7-4-8-12-16)20-14-15-9-5-3-6-10-15/h3-13,20H,2,14H2,1H3,(H,21,22,24)/b17-13+. The number of amides is 1. The quantitative estimate of drug-likeness (QED) is 0.619. The summed E-state index contributed by atoms with van der Waals surface area (Å²) < 4.78 is 4.84. The van der Waals surface area contributed by atoms with Gasteiger partial charge in [0.1, 0.15) is 4.99 Å². The molecule has 0 aromatic heterocycles. The second-order valence-electron chi connectivity index (χ2n) is 4.97. The van der Waals surface area contributed by atoms with Crippen LogP contribution in [-0.2, 0) is 11.3 Å². The van der Waals surface area contributed by atoms with Crippen LogP contribution in [0.2, 0.25) is 0 Å². The Morgan fingerprint density at radius 3 is 2.33 bits per heavy atom. The molecule has 0 bridgehead atoms. The number of benzene rings is 2. The van der Waals surface area contributed by atoms with Crippen molar-refractivity contribution < 1.29 is 9.53 Å². The van der Waals surface area contributed by atoms with Gasteiger partial charge in [0.25, 0.3) is 0 Å². The Balaban J connectivity index is 2.12. The minimum Gasteiger partial charge on any atom is -0.450 e. The van der Waals surface area contributed by atoms with E-state index < -0.39 is 6.09 Å². The zero-order valence-corrected chi connectivity index (χ0v) is 14.3. The van der Waals surface area contributed by atoms with Crippen LogP contribution in [0.3, 0.4) is 0 Å². The number of carbonyl (C=O) groups excluding carboxylic acids is 1. The first-order chi connectivity index (χ1) is 11.7. The molecule has 0 saturated heterocycles. The van der Waals surface area contributed by atoms with Crippen LogP contribution in [0.25, 0.3) is 5.70 Å². The van der Waals surface area contributed by atoms with Gasteiger partial charge >= 0.3 is 6.09 Å². The first-order valence-corrected chi connectivity index (χ1v) is 8.12. The van der Waals surface area contributed by atoms with E-state index in [4.69, 9.17) is 17.0 Å². The highest BCUT2D eigenvalue weighted by atomic mass is 32.1. The van der Waals surface area contributed by atoms with Crippen LogP contribution in [0, 0.1) is 0 Å². The van der Waals surface area contributed by atoms with Gasteiger partial charge in [-0.2, -0.15) is 0 Å². The lowest BCUT2D eigenvalue weighted by Crippen LogP contribution is -2.29. The number of alkyl carbamates (subject to hydrolysis) is 1. The molecule has 0 aliphatic carbocycles. The summed E-state index contributed by atoms with van der Waals surface area (Å²) in [6.45, 7) is 2.70. The Morgan fingerprint density at radius 2 is 1.71 bits per heavy atom. The van der Waals surface area contributed by atoms with Crippen molar-refractivity contribution >= 4 is 29.0 Å². The minimum atomic E-state index is -0.547. The number of hydrogen-bond donors (Lipinski definition) is 2. The molecule has 1 amide bonds. The highest BCUT2D eigenvalue weighted by Gasteiger charge is 2.06. The highest BCUT2D eigenvalue weighted by Crippen LogP contribution is 2.12. The number of thiocarbonyl (C=S) groups is 1. The Hall–Kier alpha value is -2.66. The Labute approximate surface area is 147 Å². The van der Waals surface area contributed by atoms with Crippen LogP contribution in [0.15, 0.2) is 66.7 Å². The molecule has 0 aliphatic rings. The smallest absolute Gasteiger partial charge is 0.412 e. The summed E-state index contributed by atoms with van der Waals surface area (Å²) >= 11 is 5.22. The zero-order valence-electron chi connectivity index (χ0n) is 13.5. The summed E-state index contributed by atoms with van der Waals surface area (Å²) in [5, 5.41) is 5.90. The lowest BCUT2D eigenvalue weighted by molar-refractivity contribution is 0.158. The third kappa shape index (κ3) is 5.85. The number of ether oxygens (including phenoxy) is 1. The first kappa shape index (κ1) is 17.7. The molecule has 2 rings (SSSR count). The zero-order chi connectivity index (χ0) is 17.2. The topological polar surface area (TPSA) is 50.4 Å². The number of nitrogens with one attached hydrogen (secondary N) is 2. The lowest BCUT2D eigenvalue weighted by atomic mass is 10.1. The van der Waals surface area contributed by atoms with E-state index in [9.17, 15) is 4.79 Å². The molecule has 0 atom stereocenters. The summed E-state index contributed by atoms with van der Waals surface area (Å²) in [5.74, 6) is 0. The summed E-state index contributed by atoms with van der Waals surface area (Å²) in [6.07, 6.45) is 1.18. The molecule has 0 saturated carbocycles. The van der Waals surface area contributed by atoms with Crippen molar-refractivity contribution in [1.29, 1.82) is 0 Å². The molecule has 2 aromatic rings. The van der Waals surface area contributed by atoms with Gasteiger partial charge in [0.2, 0.25) is 0 Å². The molecule has 0 fully saturated rings. The molecule has 0 aliphatic heterocycles. The Kier molecular flexibility index (Phi) is 6.98. The average Bonchev–Trinajstić information content (AvgIpc) is 2.60. The molecule has 2 aromatic carbocycles. The van der Waals surface area contributed by atoms with Gasteiger partial charge in [-0.3, -0.25) is 5.32 Å². The van der Waals surface area contributed by atoms with Crippen LogP contribution in [0.4, 0.5) is 4.79 Å². The Morgan fingerprint density at radius 1 is 1.08 bits per heavy atom. The Bertz CT molecular complexity index is 700. The average molecular weight is 340 g/mol. The van der Waals surface area contributed by atoms with Gasteiger partial charge in [0.05, 0.1) is 6.61 Å². The molecular weight excluding hydrogens is 320 g/mol. The monoisotopic (exact) mass is 340 g/mol. The van der Waals surface area contributed by atoms with Crippen molar-refractivity contribution in [2.45, 2.75) is 13.5 Å². The van der Waals surface area contributed by atoms with Crippen LogP contribution in [0.5, 0.6) is 0 Å². The molecule has 0 unspecified atom stereocenters. The third-order valence-corrected chi connectivity index (χ3v) is 3.41. The summed E-state index contributed by atoms with van der Waals surface area (Å²) in [6, 6.07) is 19.9. The van der Waals surface area contributed by atoms with E-state index in [1.54, 1.807) is 13.0 Å². The molecule has 5 heteroatoms. The van der Waals surface area contributed by atoms with Crippen LogP contribution >= 0.6 is 12.2 Å². The maximum atomic E-state index is 11.5. The second kappa shape index (κ2) is 9.47. The van der Waals surface area contributed by atoms with Crippen LogP contribution in [-0.4, -0.2) is 17.7 Å².